The van der Waals surface area contributed by atoms with Gasteiger partial charge in [0.2, 0.25) is 17.7 Å². The number of nitrogens with one attached hydrogen (secondary N) is 2. The maximum Gasteiger partial charge on any atom is 0.246 e. The molecule has 1 aromatic heterocycles. The molecule has 1 aliphatic rings. The number of likely N-dealkylation sites (tertiary alicyclic amines) is 1. The number of aryl methyl sites for hydroxylation is 1. The van der Waals surface area contributed by atoms with Gasteiger partial charge in [-0.2, -0.15) is 0 Å². The fourth-order valence-corrected chi connectivity index (χ4v) is 5.74. The number of aliphatic hydroxyl groups is 1. The van der Waals surface area contributed by atoms with Gasteiger partial charge in [0.25, 0.3) is 0 Å². The average Bonchev–Trinajstić information content (AvgIpc) is 3.46. The Bertz CT molecular complexity index is 1080. The molecule has 3 N–H and O–H groups in total. The molecule has 1 aliphatic heterocycles. The molecule has 1 fully saturated rings. The Labute approximate surface area is 236 Å². The van der Waals surface area contributed by atoms with E-state index in [1.54, 1.807) is 11.3 Å². The molecule has 1 saturated heterocycles. The average molecular weight is 641 g/mol. The van der Waals surface area contributed by atoms with Crippen molar-refractivity contribution in [2.24, 2.45) is 5.41 Å². The third-order valence-corrected chi connectivity index (χ3v) is 8.24. The highest BCUT2D eigenvalue weighted by molar-refractivity contribution is 14.1. The zero-order chi connectivity index (χ0) is 27.2. The van der Waals surface area contributed by atoms with Crippen LogP contribution in [0.5, 0.6) is 0 Å². The number of hydrogen-bond donors (Lipinski definition) is 3. The Morgan fingerprint density at radius 2 is 1.92 bits per heavy atom. The van der Waals surface area contributed by atoms with Gasteiger partial charge in [-0.1, -0.05) is 67.6 Å². The third kappa shape index (κ3) is 7.97. The Morgan fingerprint density at radius 1 is 1.22 bits per heavy atom. The van der Waals surface area contributed by atoms with Crippen molar-refractivity contribution in [3.8, 4) is 10.4 Å². The van der Waals surface area contributed by atoms with E-state index in [0.29, 0.717) is 13.0 Å². The molecule has 0 spiro atoms. The van der Waals surface area contributed by atoms with Crippen molar-refractivity contribution >= 4 is 51.6 Å². The van der Waals surface area contributed by atoms with Gasteiger partial charge >= 0.3 is 0 Å². The quantitative estimate of drug-likeness (QED) is 0.208. The topological polar surface area (TPSA) is 112 Å². The number of unbranched alkanes of at least 4 members (excludes halogenated alkanes) is 1. The van der Waals surface area contributed by atoms with E-state index in [4.69, 9.17) is 0 Å². The van der Waals surface area contributed by atoms with Crippen molar-refractivity contribution in [2.45, 2.75) is 78.1 Å². The largest absolute Gasteiger partial charge is 0.391 e. The summed E-state index contributed by atoms with van der Waals surface area (Å²) in [5.41, 5.74) is 4.27. The van der Waals surface area contributed by atoms with Gasteiger partial charge in [0.1, 0.15) is 12.1 Å². The molecule has 202 valence electrons. The van der Waals surface area contributed by atoms with Crippen LogP contribution in [0.15, 0.2) is 29.8 Å². The Kier molecular flexibility index (Phi) is 10.5. The fraction of sp³-hybridized carbons (Fsp3) is 0.556. The molecule has 3 amide bonds. The zero-order valence-corrected chi connectivity index (χ0v) is 24.9. The first-order valence-electron chi connectivity index (χ1n) is 12.6. The van der Waals surface area contributed by atoms with E-state index in [0.717, 1.165) is 39.0 Å². The molecule has 2 heterocycles. The number of carbonyl (C=O) groups is 3. The first kappa shape index (κ1) is 29.5. The van der Waals surface area contributed by atoms with E-state index in [-0.39, 0.29) is 30.7 Å². The number of halogens is 1. The molecule has 10 heteroatoms. The van der Waals surface area contributed by atoms with Crippen LogP contribution in [0.2, 0.25) is 0 Å². The summed E-state index contributed by atoms with van der Waals surface area (Å²) >= 11 is 3.87. The summed E-state index contributed by atoms with van der Waals surface area (Å²) in [5, 5.41) is 16.2. The van der Waals surface area contributed by atoms with Crippen molar-refractivity contribution < 1.29 is 19.5 Å². The van der Waals surface area contributed by atoms with Crippen LogP contribution in [0.25, 0.3) is 10.4 Å². The number of nitrogens with zero attached hydrogens (tertiary/aromatic N) is 2. The van der Waals surface area contributed by atoms with Crippen molar-refractivity contribution in [3.05, 3.63) is 41.0 Å². The highest BCUT2D eigenvalue weighted by atomic mass is 127. The van der Waals surface area contributed by atoms with Gasteiger partial charge in [-0.3, -0.25) is 14.4 Å². The number of β-amino-alcohol motifs (C(OH)–C–C–N with tert-alkyl or cyclic N) is 1. The highest BCUT2D eigenvalue weighted by Crippen LogP contribution is 2.28. The number of hydrogen-bond acceptors (Lipinski definition) is 6. The van der Waals surface area contributed by atoms with Crippen molar-refractivity contribution in [1.29, 1.82) is 0 Å². The molecule has 1 aromatic carbocycles. The lowest BCUT2D eigenvalue weighted by molar-refractivity contribution is -0.144. The monoisotopic (exact) mass is 640 g/mol. The Hall–Kier alpha value is -2.05. The number of carbonyl (C=O) groups excluding carboxylic acids is 3. The normalized spacial score (nSPS) is 18.5. The van der Waals surface area contributed by atoms with Crippen LogP contribution < -0.4 is 10.6 Å². The van der Waals surface area contributed by atoms with Gasteiger partial charge in [-0.25, -0.2) is 4.98 Å². The Morgan fingerprint density at radius 3 is 2.51 bits per heavy atom. The van der Waals surface area contributed by atoms with Gasteiger partial charge < -0.3 is 20.6 Å². The maximum atomic E-state index is 13.6. The molecule has 3 rings (SSSR count). The lowest BCUT2D eigenvalue weighted by Gasteiger charge is -2.35. The van der Waals surface area contributed by atoms with Gasteiger partial charge in [-0.15, -0.1) is 11.3 Å². The predicted octanol–water partition coefficient (Wildman–Crippen LogP) is 3.83. The maximum absolute atomic E-state index is 13.6. The van der Waals surface area contributed by atoms with Crippen LogP contribution in [-0.4, -0.2) is 61.9 Å². The van der Waals surface area contributed by atoms with E-state index in [9.17, 15) is 19.5 Å². The molecule has 0 radical (unpaired) electrons. The van der Waals surface area contributed by atoms with Crippen LogP contribution in [-0.2, 0) is 20.9 Å². The first-order chi connectivity index (χ1) is 17.5. The molecular formula is C27H37IN4O4S. The number of benzene rings is 1. The van der Waals surface area contributed by atoms with E-state index in [1.807, 2.05) is 57.5 Å². The van der Waals surface area contributed by atoms with Crippen molar-refractivity contribution in [3.63, 3.8) is 0 Å². The second kappa shape index (κ2) is 13.1. The van der Waals surface area contributed by atoms with Crippen molar-refractivity contribution in [1.82, 2.24) is 20.5 Å². The minimum Gasteiger partial charge on any atom is -0.391 e. The minimum absolute atomic E-state index is 0.0666. The standard InChI is InChI=1S/C27H37IN4O4S/c1-17-23(37-16-30-17)19-10-8-18(9-11-19)14-29-25(35)21-13-20(33)15-32(21)26(36)24(27(2,3)4)31-22(34)7-5-6-12-28/h8-11,16,20-21,24,33H,5-7,12-15H2,1-4H3,(H,29,35)(H,31,34)/t20-,21+,24-/m1/s1. The molecule has 0 unspecified atom stereocenters. The third-order valence-electron chi connectivity index (χ3n) is 6.50. The molecule has 0 aliphatic carbocycles. The summed E-state index contributed by atoms with van der Waals surface area (Å²) in [6.07, 6.45) is 1.44. The molecule has 37 heavy (non-hydrogen) atoms. The SMILES string of the molecule is Cc1ncsc1-c1ccc(CNC(=O)[C@@H]2C[C@@H](O)CN2C(=O)[C@@H](NC(=O)CCCCI)C(C)(C)C)cc1. The zero-order valence-electron chi connectivity index (χ0n) is 21.9. The van der Waals surface area contributed by atoms with E-state index in [2.05, 4.69) is 38.2 Å². The summed E-state index contributed by atoms with van der Waals surface area (Å²) in [7, 11) is 0. The number of rotatable bonds is 10. The number of thiazole rings is 1. The van der Waals surface area contributed by atoms with E-state index < -0.39 is 23.6 Å². The number of aromatic nitrogens is 1. The van der Waals surface area contributed by atoms with Gasteiger partial charge in [0.15, 0.2) is 0 Å². The van der Waals surface area contributed by atoms with Gasteiger partial charge in [0.05, 0.1) is 22.2 Å². The molecule has 2 aromatic rings. The molecule has 0 saturated carbocycles. The fourth-order valence-electron chi connectivity index (χ4n) is 4.39. The van der Waals surface area contributed by atoms with Gasteiger partial charge in [-0.05, 0) is 40.7 Å². The summed E-state index contributed by atoms with van der Waals surface area (Å²) in [5.74, 6) is -0.820. The van der Waals surface area contributed by atoms with E-state index in [1.165, 1.54) is 4.90 Å². The first-order valence-corrected chi connectivity index (χ1v) is 15.0. The summed E-state index contributed by atoms with van der Waals surface area (Å²) in [4.78, 5) is 46.1. The second-order valence-electron chi connectivity index (χ2n) is 10.6. The summed E-state index contributed by atoms with van der Waals surface area (Å²) in [6, 6.07) is 6.36. The molecular weight excluding hydrogens is 603 g/mol. The number of aliphatic hydroxyl groups excluding tert-OH is 1. The van der Waals surface area contributed by atoms with Crippen LogP contribution >= 0.6 is 33.9 Å². The highest BCUT2D eigenvalue weighted by Gasteiger charge is 2.44. The van der Waals surface area contributed by atoms with Crippen LogP contribution in [0.4, 0.5) is 0 Å². The molecule has 8 nitrogen and oxygen atoms in total. The Balaban J connectivity index is 1.65. The summed E-state index contributed by atoms with van der Waals surface area (Å²) < 4.78 is 0.977. The van der Waals surface area contributed by atoms with Crippen LogP contribution in [0.3, 0.4) is 0 Å². The lowest BCUT2D eigenvalue weighted by atomic mass is 9.85. The van der Waals surface area contributed by atoms with Crippen molar-refractivity contribution in [2.75, 3.05) is 11.0 Å². The minimum atomic E-state index is -0.790. The molecule has 0 bridgehead atoms. The summed E-state index contributed by atoms with van der Waals surface area (Å²) in [6.45, 7) is 8.02. The second-order valence-corrected chi connectivity index (χ2v) is 12.5. The predicted molar refractivity (Wildman–Crippen MR) is 154 cm³/mol. The number of alkyl halides is 1. The molecule has 3 atom stereocenters. The van der Waals surface area contributed by atoms with E-state index >= 15 is 0 Å². The van der Waals surface area contributed by atoms with Crippen LogP contribution in [0, 0.1) is 12.3 Å². The van der Waals surface area contributed by atoms with Crippen LogP contribution in [0.1, 0.15) is 57.7 Å². The van der Waals surface area contributed by atoms with Gasteiger partial charge in [0, 0.05) is 25.9 Å². The lowest BCUT2D eigenvalue weighted by Crippen LogP contribution is -2.57. The smallest absolute Gasteiger partial charge is 0.246 e. The number of amides is 3.